The fourth-order valence-electron chi connectivity index (χ4n) is 5.25. The molecule has 3 aliphatic rings. The average Bonchev–Trinajstić information content (AvgIpc) is 3.01. The Morgan fingerprint density at radius 2 is 1.75 bits per heavy atom. The van der Waals surface area contributed by atoms with Crippen LogP contribution in [0.3, 0.4) is 0 Å². The van der Waals surface area contributed by atoms with Gasteiger partial charge in [-0.25, -0.2) is 8.78 Å². The normalized spacial score (nSPS) is 28.9. The van der Waals surface area contributed by atoms with Gasteiger partial charge in [-0.3, -0.25) is 9.69 Å². The lowest BCUT2D eigenvalue weighted by molar-refractivity contribution is -0.123. The van der Waals surface area contributed by atoms with Crippen molar-refractivity contribution < 1.29 is 13.6 Å². The van der Waals surface area contributed by atoms with E-state index < -0.39 is 11.6 Å². The quantitative estimate of drug-likeness (QED) is 0.809. The summed E-state index contributed by atoms with van der Waals surface area (Å²) < 4.78 is 26.4. The first kappa shape index (κ1) is 19.8. The molecule has 0 spiro atoms. The summed E-state index contributed by atoms with van der Waals surface area (Å²) in [6, 6.07) is 4.60. The summed E-state index contributed by atoms with van der Waals surface area (Å²) in [5.74, 6) is -0.487. The molecule has 28 heavy (non-hydrogen) atoms. The van der Waals surface area contributed by atoms with E-state index in [-0.39, 0.29) is 11.8 Å². The van der Waals surface area contributed by atoms with Gasteiger partial charge in [-0.05, 0) is 55.8 Å². The molecule has 2 aliphatic heterocycles. The number of carbonyl (C=O) groups excluding carboxylic acids is 1. The zero-order valence-electron chi connectivity index (χ0n) is 16.5. The highest BCUT2D eigenvalue weighted by atomic mass is 19.2. The van der Waals surface area contributed by atoms with Crippen LogP contribution < -0.4 is 5.32 Å². The van der Waals surface area contributed by atoms with Crippen molar-refractivity contribution in [2.24, 2.45) is 11.8 Å². The van der Waals surface area contributed by atoms with Crippen molar-refractivity contribution in [3.63, 3.8) is 0 Å². The molecule has 4 rings (SSSR count). The first-order valence-corrected chi connectivity index (χ1v) is 10.8. The van der Waals surface area contributed by atoms with Crippen molar-refractivity contribution >= 4 is 5.91 Å². The minimum atomic E-state index is -0.788. The van der Waals surface area contributed by atoms with E-state index in [1.807, 2.05) is 0 Å². The maximum Gasteiger partial charge on any atom is 0.223 e. The standard InChI is InChI=1S/C22H31F2N3O/c23-19-8-7-16(14-20(19)24)15-27-12-10-26(11-13-27)9-3-5-18-17-4-1-2-6-21(17)25-22(18)28/h7-8,14,17-18,21H,1-6,9-13,15H2,(H,25,28)/t17-,18?,21+/m1/s1. The highest BCUT2D eigenvalue weighted by molar-refractivity contribution is 5.81. The van der Waals surface area contributed by atoms with Gasteiger partial charge in [0.05, 0.1) is 0 Å². The van der Waals surface area contributed by atoms with Crippen molar-refractivity contribution in [1.29, 1.82) is 0 Å². The molecule has 6 heteroatoms. The van der Waals surface area contributed by atoms with Gasteiger partial charge in [0.2, 0.25) is 5.91 Å². The lowest BCUT2D eigenvalue weighted by Crippen LogP contribution is -2.46. The van der Waals surface area contributed by atoms with Gasteiger partial charge < -0.3 is 10.2 Å². The molecule has 154 valence electrons. The second-order valence-electron chi connectivity index (χ2n) is 8.68. The molecule has 1 aromatic rings. The molecule has 1 amide bonds. The third-order valence-corrected chi connectivity index (χ3v) is 6.85. The fraction of sp³-hybridized carbons (Fsp3) is 0.682. The molecule has 3 atom stereocenters. The van der Waals surface area contributed by atoms with Crippen LogP contribution in [0, 0.1) is 23.5 Å². The second kappa shape index (κ2) is 8.87. The molecule has 2 heterocycles. The van der Waals surface area contributed by atoms with Gasteiger partial charge in [0.25, 0.3) is 0 Å². The summed E-state index contributed by atoms with van der Waals surface area (Å²) in [5, 5.41) is 3.22. The van der Waals surface area contributed by atoms with E-state index in [9.17, 15) is 13.6 Å². The molecule has 1 N–H and O–H groups in total. The second-order valence-corrected chi connectivity index (χ2v) is 8.68. The van der Waals surface area contributed by atoms with Gasteiger partial charge in [-0.2, -0.15) is 0 Å². The van der Waals surface area contributed by atoms with E-state index in [2.05, 4.69) is 15.1 Å². The zero-order valence-corrected chi connectivity index (χ0v) is 16.5. The molecule has 3 fully saturated rings. The molecule has 1 saturated carbocycles. The SMILES string of the molecule is O=C1N[C@H]2CCCC[C@@H]2C1CCCN1CCN(Cc2ccc(F)c(F)c2)CC1. The van der Waals surface area contributed by atoms with Crippen LogP contribution in [0.25, 0.3) is 0 Å². The van der Waals surface area contributed by atoms with Gasteiger partial charge in [0.15, 0.2) is 11.6 Å². The topological polar surface area (TPSA) is 35.6 Å². The van der Waals surface area contributed by atoms with Gasteiger partial charge in [-0.1, -0.05) is 18.9 Å². The Hall–Kier alpha value is -1.53. The molecule has 4 nitrogen and oxygen atoms in total. The summed E-state index contributed by atoms with van der Waals surface area (Å²) in [5.41, 5.74) is 0.821. The summed E-state index contributed by atoms with van der Waals surface area (Å²) >= 11 is 0. The maximum atomic E-state index is 13.4. The lowest BCUT2D eigenvalue weighted by atomic mass is 9.78. The monoisotopic (exact) mass is 391 g/mol. The number of hydrogen-bond acceptors (Lipinski definition) is 3. The Morgan fingerprint density at radius 1 is 1.00 bits per heavy atom. The first-order valence-electron chi connectivity index (χ1n) is 10.8. The minimum absolute atomic E-state index is 0.222. The lowest BCUT2D eigenvalue weighted by Gasteiger charge is -2.35. The number of piperazine rings is 1. The first-order chi connectivity index (χ1) is 13.6. The van der Waals surface area contributed by atoms with Crippen LogP contribution in [0.4, 0.5) is 8.78 Å². The molecule has 2 saturated heterocycles. The molecule has 1 aromatic carbocycles. The van der Waals surface area contributed by atoms with Crippen molar-refractivity contribution in [2.45, 2.75) is 51.1 Å². The molecule has 1 unspecified atom stereocenters. The Labute approximate surface area is 166 Å². The number of hydrogen-bond donors (Lipinski definition) is 1. The van der Waals surface area contributed by atoms with Gasteiger partial charge in [0, 0.05) is 44.7 Å². The van der Waals surface area contributed by atoms with Crippen LogP contribution >= 0.6 is 0 Å². The van der Waals surface area contributed by atoms with Crippen LogP contribution in [0.2, 0.25) is 0 Å². The number of halogens is 2. The smallest absolute Gasteiger partial charge is 0.223 e. The largest absolute Gasteiger partial charge is 0.353 e. The predicted octanol–water partition coefficient (Wildman–Crippen LogP) is 3.17. The minimum Gasteiger partial charge on any atom is -0.353 e. The van der Waals surface area contributed by atoms with Gasteiger partial charge in [0.1, 0.15) is 0 Å². The Morgan fingerprint density at radius 3 is 2.54 bits per heavy atom. The number of rotatable bonds is 6. The maximum absolute atomic E-state index is 13.4. The van der Waals surface area contributed by atoms with Crippen molar-refractivity contribution in [1.82, 2.24) is 15.1 Å². The van der Waals surface area contributed by atoms with Crippen LogP contribution in [0.1, 0.15) is 44.1 Å². The number of fused-ring (bicyclic) bond motifs is 1. The summed E-state index contributed by atoms with van der Waals surface area (Å²) in [7, 11) is 0. The molecule has 1 aliphatic carbocycles. The molecule has 0 aromatic heterocycles. The third-order valence-electron chi connectivity index (χ3n) is 6.85. The number of nitrogens with zero attached hydrogens (tertiary/aromatic N) is 2. The van der Waals surface area contributed by atoms with E-state index in [1.165, 1.54) is 31.4 Å². The number of carbonyl (C=O) groups is 1. The van der Waals surface area contributed by atoms with Gasteiger partial charge >= 0.3 is 0 Å². The summed E-state index contributed by atoms with van der Waals surface area (Å²) in [4.78, 5) is 17.1. The third kappa shape index (κ3) is 4.54. The Kier molecular flexibility index (Phi) is 6.26. The van der Waals surface area contributed by atoms with Crippen LogP contribution in [-0.4, -0.2) is 54.5 Å². The molecular formula is C22H31F2N3O. The molecular weight excluding hydrogens is 360 g/mol. The number of nitrogens with one attached hydrogen (secondary N) is 1. The van der Waals surface area contributed by atoms with Crippen LogP contribution in [0.15, 0.2) is 18.2 Å². The van der Waals surface area contributed by atoms with Crippen LogP contribution in [0.5, 0.6) is 0 Å². The summed E-state index contributed by atoms with van der Waals surface area (Å²) in [6.45, 7) is 5.57. The highest BCUT2D eigenvalue weighted by Gasteiger charge is 2.42. The Bertz CT molecular complexity index is 690. The molecule has 0 bridgehead atoms. The van der Waals surface area contributed by atoms with Crippen molar-refractivity contribution in [3.8, 4) is 0 Å². The zero-order chi connectivity index (χ0) is 19.5. The highest BCUT2D eigenvalue weighted by Crippen LogP contribution is 2.37. The van der Waals surface area contributed by atoms with Gasteiger partial charge in [-0.15, -0.1) is 0 Å². The van der Waals surface area contributed by atoms with Crippen molar-refractivity contribution in [3.05, 3.63) is 35.4 Å². The average molecular weight is 392 g/mol. The van der Waals surface area contributed by atoms with E-state index in [0.29, 0.717) is 18.5 Å². The van der Waals surface area contributed by atoms with E-state index in [4.69, 9.17) is 0 Å². The van der Waals surface area contributed by atoms with E-state index in [0.717, 1.165) is 57.5 Å². The number of amides is 1. The summed E-state index contributed by atoms with van der Waals surface area (Å²) in [6.07, 6.45) is 6.96. The molecule has 0 radical (unpaired) electrons. The fourth-order valence-corrected chi connectivity index (χ4v) is 5.25. The van der Waals surface area contributed by atoms with E-state index in [1.54, 1.807) is 6.07 Å². The predicted molar refractivity (Wildman–Crippen MR) is 105 cm³/mol. The van der Waals surface area contributed by atoms with Crippen molar-refractivity contribution in [2.75, 3.05) is 32.7 Å². The number of benzene rings is 1. The van der Waals surface area contributed by atoms with E-state index >= 15 is 0 Å². The van der Waals surface area contributed by atoms with Crippen LogP contribution in [-0.2, 0) is 11.3 Å². The Balaban J connectivity index is 1.18.